The maximum Gasteiger partial charge on any atom is 0.382 e. The summed E-state index contributed by atoms with van der Waals surface area (Å²) in [6.07, 6.45) is 6.70. The minimum Gasteiger partial charge on any atom is -0.502 e. The number of furan rings is 1. The molecule has 12 heteroatoms. The number of nitrogens with one attached hydrogen (secondary N) is 1. The summed E-state index contributed by atoms with van der Waals surface area (Å²) in [5.41, 5.74) is -0.0604. The second-order valence-corrected chi connectivity index (χ2v) is 8.22. The van der Waals surface area contributed by atoms with E-state index in [0.717, 1.165) is 37.8 Å². The normalized spacial score (nSPS) is 10.6. The van der Waals surface area contributed by atoms with Crippen molar-refractivity contribution in [1.82, 2.24) is 5.43 Å². The molecule has 1 aromatic heterocycles. The third kappa shape index (κ3) is 6.53. The van der Waals surface area contributed by atoms with Crippen molar-refractivity contribution in [2.24, 2.45) is 5.84 Å². The van der Waals surface area contributed by atoms with Gasteiger partial charge in [-0.3, -0.25) is 20.3 Å². The molecule has 1 amide bonds. The zero-order valence-corrected chi connectivity index (χ0v) is 20.6. The van der Waals surface area contributed by atoms with Crippen molar-refractivity contribution in [3.8, 4) is 22.6 Å². The second-order valence-electron chi connectivity index (χ2n) is 8.22. The van der Waals surface area contributed by atoms with Crippen LogP contribution in [0.4, 0.5) is 5.69 Å². The van der Waals surface area contributed by atoms with E-state index in [9.17, 15) is 29.6 Å². The highest BCUT2D eigenvalue weighted by molar-refractivity contribution is 6.12. The van der Waals surface area contributed by atoms with Gasteiger partial charge in [0.25, 0.3) is 5.91 Å². The molecule has 0 bridgehead atoms. The number of aromatic hydroxyl groups is 1. The number of carbonyl (C=O) groups excluding carboxylic acids is 3. The largest absolute Gasteiger partial charge is 0.502 e. The van der Waals surface area contributed by atoms with Gasteiger partial charge in [-0.25, -0.2) is 15.4 Å². The lowest BCUT2D eigenvalue weighted by Gasteiger charge is -2.10. The number of rotatable bonds is 12. The molecule has 2 aromatic carbocycles. The van der Waals surface area contributed by atoms with Gasteiger partial charge in [-0.1, -0.05) is 44.7 Å². The van der Waals surface area contributed by atoms with Crippen LogP contribution < -0.4 is 16.0 Å². The van der Waals surface area contributed by atoms with Gasteiger partial charge in [-0.2, -0.15) is 0 Å². The van der Waals surface area contributed by atoms with Crippen LogP contribution in [0.1, 0.15) is 70.3 Å². The number of carbonyl (C=O) groups is 3. The lowest BCUT2D eigenvalue weighted by molar-refractivity contribution is -0.386. The first-order valence-electron chi connectivity index (χ1n) is 11.9. The van der Waals surface area contributed by atoms with Crippen LogP contribution in [-0.2, 0) is 4.74 Å². The number of phenolic OH excluding ortho intramolecular Hbond substituents is 1. The average molecular weight is 526 g/mol. The molecule has 200 valence electrons. The van der Waals surface area contributed by atoms with Crippen LogP contribution in [0.15, 0.2) is 53.1 Å². The van der Waals surface area contributed by atoms with E-state index >= 15 is 0 Å². The van der Waals surface area contributed by atoms with Crippen LogP contribution in [0, 0.1) is 10.1 Å². The Morgan fingerprint density at radius 1 is 1.08 bits per heavy atom. The number of amides is 1. The zero-order valence-electron chi connectivity index (χ0n) is 20.6. The van der Waals surface area contributed by atoms with Crippen LogP contribution in [-0.4, -0.2) is 34.5 Å². The van der Waals surface area contributed by atoms with Crippen molar-refractivity contribution in [2.75, 3.05) is 6.61 Å². The van der Waals surface area contributed by atoms with Gasteiger partial charge in [0, 0.05) is 5.56 Å². The highest BCUT2D eigenvalue weighted by Gasteiger charge is 2.33. The van der Waals surface area contributed by atoms with Crippen molar-refractivity contribution < 1.29 is 38.3 Å². The molecule has 0 spiro atoms. The molecule has 0 radical (unpaired) electrons. The summed E-state index contributed by atoms with van der Waals surface area (Å²) in [5.74, 6) is 0.635. The smallest absolute Gasteiger partial charge is 0.382 e. The molecule has 0 saturated heterocycles. The number of nitro groups is 1. The average Bonchev–Trinajstić information content (AvgIpc) is 3.40. The summed E-state index contributed by atoms with van der Waals surface area (Å²) in [7, 11) is 0. The van der Waals surface area contributed by atoms with Crippen molar-refractivity contribution in [1.29, 1.82) is 0 Å². The Labute approximate surface area is 217 Å². The molecule has 0 aliphatic rings. The minimum atomic E-state index is -1.39. The number of unbranched alkanes of at least 4 members (excludes halogenated alkanes) is 4. The number of ether oxygens (including phenoxy) is 2. The van der Waals surface area contributed by atoms with Crippen LogP contribution in [0.2, 0.25) is 0 Å². The van der Waals surface area contributed by atoms with Crippen molar-refractivity contribution in [2.45, 2.75) is 39.0 Å². The Morgan fingerprint density at radius 2 is 1.84 bits per heavy atom. The minimum absolute atomic E-state index is 0.312. The molecule has 0 fully saturated rings. The number of phenols is 1. The first kappa shape index (κ1) is 27.9. The van der Waals surface area contributed by atoms with Gasteiger partial charge in [0.05, 0.1) is 23.4 Å². The van der Waals surface area contributed by atoms with Crippen LogP contribution in [0.5, 0.6) is 11.5 Å². The summed E-state index contributed by atoms with van der Waals surface area (Å²) in [4.78, 5) is 48.1. The third-order valence-electron chi connectivity index (χ3n) is 5.61. The van der Waals surface area contributed by atoms with Crippen LogP contribution in [0.3, 0.4) is 0 Å². The Bertz CT molecular complexity index is 1330. The number of nitrogens with two attached hydrogens (primary N) is 1. The molecule has 0 aliphatic carbocycles. The van der Waals surface area contributed by atoms with Gasteiger partial charge in [0.15, 0.2) is 5.75 Å². The second kappa shape index (κ2) is 13.0. The zero-order chi connectivity index (χ0) is 27.7. The van der Waals surface area contributed by atoms with Crippen LogP contribution in [0.25, 0.3) is 11.1 Å². The SMILES string of the molecule is CCCCCCCOc1cccc(-c2ccoc2C(=O)OC(=O)c2ccc(O)c([N+](=O)[O-])c2C(=O)NN)c1. The van der Waals surface area contributed by atoms with E-state index in [0.29, 0.717) is 23.5 Å². The summed E-state index contributed by atoms with van der Waals surface area (Å²) >= 11 is 0. The number of nitrogen functional groups attached to an aromatic ring is 1. The van der Waals surface area contributed by atoms with E-state index in [1.165, 1.54) is 18.8 Å². The number of nitrogens with zero attached hydrogens (tertiary/aromatic N) is 1. The molecule has 12 nitrogen and oxygen atoms in total. The van der Waals surface area contributed by atoms with Gasteiger partial charge in [0.2, 0.25) is 5.76 Å². The van der Waals surface area contributed by atoms with E-state index in [2.05, 4.69) is 6.92 Å². The van der Waals surface area contributed by atoms with E-state index in [-0.39, 0.29) is 5.76 Å². The fourth-order valence-corrected chi connectivity index (χ4v) is 3.77. The quantitative estimate of drug-likeness (QED) is 0.0578. The number of hydrogen-bond acceptors (Lipinski definition) is 10. The Hall–Kier alpha value is -4.71. The topological polar surface area (TPSA) is 184 Å². The Morgan fingerprint density at radius 3 is 2.55 bits per heavy atom. The number of hydrazine groups is 1. The maximum atomic E-state index is 12.8. The Kier molecular flexibility index (Phi) is 9.54. The molecule has 3 rings (SSSR count). The van der Waals surface area contributed by atoms with Crippen molar-refractivity contribution >= 4 is 23.5 Å². The molecule has 0 atom stereocenters. The standard InChI is InChI=1S/C26H27N3O9/c1-2-3-4-5-6-13-36-17-9-7-8-16(15-17)18-12-14-37-23(18)26(33)38-25(32)19-10-11-20(30)22(29(34)35)21(19)24(31)28-27/h7-12,14-15,30H,2-6,13,27H2,1H3,(H,28,31). The molecule has 1 heterocycles. The number of esters is 2. The summed E-state index contributed by atoms with van der Waals surface area (Å²) in [6.45, 7) is 2.69. The van der Waals surface area contributed by atoms with E-state index in [1.807, 2.05) is 0 Å². The lowest BCUT2D eigenvalue weighted by atomic mass is 10.0. The summed E-state index contributed by atoms with van der Waals surface area (Å²) in [6, 6.07) is 10.2. The number of benzene rings is 2. The molecular formula is C26H27N3O9. The lowest BCUT2D eigenvalue weighted by Crippen LogP contribution is -2.32. The third-order valence-corrected chi connectivity index (χ3v) is 5.61. The predicted molar refractivity (Wildman–Crippen MR) is 135 cm³/mol. The monoisotopic (exact) mass is 525 g/mol. The number of nitro benzene ring substituents is 1. The highest BCUT2D eigenvalue weighted by Crippen LogP contribution is 2.33. The van der Waals surface area contributed by atoms with E-state index in [1.54, 1.807) is 29.7 Å². The van der Waals surface area contributed by atoms with Gasteiger partial charge >= 0.3 is 17.6 Å². The Balaban J connectivity index is 1.79. The molecule has 38 heavy (non-hydrogen) atoms. The molecule has 0 saturated carbocycles. The van der Waals surface area contributed by atoms with Crippen molar-refractivity contribution in [3.05, 3.63) is 75.7 Å². The summed E-state index contributed by atoms with van der Waals surface area (Å²) in [5, 5.41) is 21.2. The maximum absolute atomic E-state index is 12.8. The van der Waals surface area contributed by atoms with Gasteiger partial charge in [-0.15, -0.1) is 0 Å². The molecular weight excluding hydrogens is 498 g/mol. The van der Waals surface area contributed by atoms with Crippen molar-refractivity contribution in [3.63, 3.8) is 0 Å². The fraction of sp³-hybridized carbons (Fsp3) is 0.269. The molecule has 0 unspecified atom stereocenters. The summed E-state index contributed by atoms with van der Waals surface area (Å²) < 4.78 is 15.9. The van der Waals surface area contributed by atoms with Gasteiger partial charge in [-0.05, 0) is 42.3 Å². The number of hydrogen-bond donors (Lipinski definition) is 3. The molecule has 4 N–H and O–H groups in total. The highest BCUT2D eigenvalue weighted by atomic mass is 16.6. The molecule has 0 aliphatic heterocycles. The van der Waals surface area contributed by atoms with Gasteiger partial charge in [0.1, 0.15) is 11.3 Å². The van der Waals surface area contributed by atoms with E-state index < -0.39 is 45.3 Å². The van der Waals surface area contributed by atoms with Gasteiger partial charge < -0.3 is 19.0 Å². The first-order chi connectivity index (χ1) is 18.3. The first-order valence-corrected chi connectivity index (χ1v) is 11.9. The van der Waals surface area contributed by atoms with Crippen LogP contribution >= 0.6 is 0 Å². The van der Waals surface area contributed by atoms with E-state index in [4.69, 9.17) is 19.7 Å². The molecule has 3 aromatic rings. The predicted octanol–water partition coefficient (Wildman–Crippen LogP) is 4.51. The fourth-order valence-electron chi connectivity index (χ4n) is 3.77.